The number of rotatable bonds is 5. The molecule has 6 rings (SSSR count). The van der Waals surface area contributed by atoms with Crippen LogP contribution >= 0.6 is 0 Å². The van der Waals surface area contributed by atoms with Gasteiger partial charge in [0.05, 0.1) is 24.5 Å². The summed E-state index contributed by atoms with van der Waals surface area (Å²) < 4.78 is 6.25. The number of amides is 2. The molecule has 30 heavy (non-hydrogen) atoms. The lowest BCUT2D eigenvalue weighted by Gasteiger charge is -2.25. The fourth-order valence-electron chi connectivity index (χ4n) is 6.03. The number of aromatic nitrogens is 1. The molecule has 2 N–H and O–H groups in total. The van der Waals surface area contributed by atoms with Crippen molar-refractivity contribution in [3.63, 3.8) is 0 Å². The van der Waals surface area contributed by atoms with E-state index >= 15 is 0 Å². The number of carbonyl (C=O) groups is 2. The standard InChI is InChI=1S/C24H27N3O3/c28-22(26-16-5-1-2-6-16)20-19-9-11-24(30-19)14-27(23(29)21(20)24)12-10-15-13-25-18-8-4-3-7-17(15)18/h3-4,7-9,11,13,16,19-21,25H,1-2,5-6,10,12,14H2,(H,26,28)/t19-,20?,21?,24?/m0/s1. The first kappa shape index (κ1) is 18.2. The Labute approximate surface area is 175 Å². The summed E-state index contributed by atoms with van der Waals surface area (Å²) in [5.41, 5.74) is 1.70. The van der Waals surface area contributed by atoms with E-state index in [1.165, 1.54) is 23.8 Å². The summed E-state index contributed by atoms with van der Waals surface area (Å²) >= 11 is 0. The molecular weight excluding hydrogens is 378 g/mol. The van der Waals surface area contributed by atoms with Gasteiger partial charge in [-0.25, -0.2) is 0 Å². The normalized spacial score (nSPS) is 32.5. The van der Waals surface area contributed by atoms with Crippen LogP contribution in [0.1, 0.15) is 31.2 Å². The van der Waals surface area contributed by atoms with E-state index in [9.17, 15) is 9.59 Å². The number of fused-ring (bicyclic) bond motifs is 2. The molecule has 6 nitrogen and oxygen atoms in total. The number of para-hydroxylation sites is 1. The number of nitrogens with one attached hydrogen (secondary N) is 2. The minimum atomic E-state index is -0.625. The van der Waals surface area contributed by atoms with E-state index in [4.69, 9.17) is 4.74 Å². The van der Waals surface area contributed by atoms with Crippen molar-refractivity contribution in [1.82, 2.24) is 15.2 Å². The van der Waals surface area contributed by atoms with Crippen LogP contribution in [0.15, 0.2) is 42.6 Å². The Morgan fingerprint density at radius 1 is 1.27 bits per heavy atom. The molecule has 6 heteroatoms. The maximum absolute atomic E-state index is 13.4. The van der Waals surface area contributed by atoms with Gasteiger partial charge in [0.1, 0.15) is 5.60 Å². The third-order valence-electron chi connectivity index (χ3n) is 7.51. The predicted octanol–water partition coefficient (Wildman–Crippen LogP) is 2.55. The molecule has 2 aromatic rings. The first-order chi connectivity index (χ1) is 14.6. The van der Waals surface area contributed by atoms with Gasteiger partial charge in [0.25, 0.3) is 0 Å². The molecule has 156 valence electrons. The second kappa shape index (κ2) is 6.71. The molecule has 1 spiro atoms. The number of carbonyl (C=O) groups excluding carboxylic acids is 2. The Balaban J connectivity index is 1.19. The summed E-state index contributed by atoms with van der Waals surface area (Å²) in [7, 11) is 0. The number of benzene rings is 1. The van der Waals surface area contributed by atoms with Gasteiger partial charge in [-0.05, 0) is 30.9 Å². The molecule has 4 atom stereocenters. The first-order valence-electron chi connectivity index (χ1n) is 11.2. The van der Waals surface area contributed by atoms with E-state index in [0.29, 0.717) is 13.1 Å². The highest BCUT2D eigenvalue weighted by atomic mass is 16.5. The molecule has 3 aliphatic heterocycles. The van der Waals surface area contributed by atoms with Gasteiger partial charge < -0.3 is 19.9 Å². The fourth-order valence-corrected chi connectivity index (χ4v) is 6.03. The van der Waals surface area contributed by atoms with Gasteiger partial charge in [-0.15, -0.1) is 0 Å². The molecule has 2 saturated heterocycles. The summed E-state index contributed by atoms with van der Waals surface area (Å²) in [5, 5.41) is 4.40. The molecule has 1 aliphatic carbocycles. The van der Waals surface area contributed by atoms with Gasteiger partial charge in [0.15, 0.2) is 0 Å². The minimum absolute atomic E-state index is 0.00467. The maximum Gasteiger partial charge on any atom is 0.230 e. The molecule has 4 heterocycles. The zero-order chi connectivity index (χ0) is 20.3. The lowest BCUT2D eigenvalue weighted by atomic mass is 9.76. The van der Waals surface area contributed by atoms with Crippen molar-refractivity contribution >= 4 is 22.7 Å². The van der Waals surface area contributed by atoms with E-state index in [0.717, 1.165) is 24.8 Å². The predicted molar refractivity (Wildman–Crippen MR) is 113 cm³/mol. The number of likely N-dealkylation sites (tertiary alicyclic amines) is 1. The number of hydrogen-bond donors (Lipinski definition) is 2. The largest absolute Gasteiger partial charge is 0.361 e. The van der Waals surface area contributed by atoms with Crippen LogP contribution < -0.4 is 5.32 Å². The zero-order valence-electron chi connectivity index (χ0n) is 17.0. The summed E-state index contributed by atoms with van der Waals surface area (Å²) in [6, 6.07) is 8.48. The Hall–Kier alpha value is -2.60. The van der Waals surface area contributed by atoms with Gasteiger partial charge in [-0.3, -0.25) is 9.59 Å². The fraction of sp³-hybridized carbons (Fsp3) is 0.500. The van der Waals surface area contributed by atoms with Crippen LogP contribution in [0.4, 0.5) is 0 Å². The molecular formula is C24H27N3O3. The van der Waals surface area contributed by atoms with Crippen LogP contribution in [0.5, 0.6) is 0 Å². The summed E-state index contributed by atoms with van der Waals surface area (Å²) in [5.74, 6) is -0.735. The van der Waals surface area contributed by atoms with Crippen molar-refractivity contribution in [3.8, 4) is 0 Å². The average molecular weight is 405 g/mol. The Morgan fingerprint density at radius 2 is 2.10 bits per heavy atom. The van der Waals surface area contributed by atoms with Crippen molar-refractivity contribution in [2.24, 2.45) is 11.8 Å². The molecule has 2 bridgehead atoms. The van der Waals surface area contributed by atoms with Crippen LogP contribution in [-0.2, 0) is 20.7 Å². The highest BCUT2D eigenvalue weighted by Gasteiger charge is 2.66. The topological polar surface area (TPSA) is 74.4 Å². The zero-order valence-corrected chi connectivity index (χ0v) is 17.0. The molecule has 1 aromatic heterocycles. The number of nitrogens with zero attached hydrogens (tertiary/aromatic N) is 1. The highest BCUT2D eigenvalue weighted by Crippen LogP contribution is 2.52. The van der Waals surface area contributed by atoms with Crippen LogP contribution in [0.2, 0.25) is 0 Å². The summed E-state index contributed by atoms with van der Waals surface area (Å²) in [4.78, 5) is 31.6. The smallest absolute Gasteiger partial charge is 0.230 e. The first-order valence-corrected chi connectivity index (χ1v) is 11.2. The molecule has 1 aromatic carbocycles. The molecule has 4 aliphatic rings. The van der Waals surface area contributed by atoms with Gasteiger partial charge in [-0.1, -0.05) is 43.2 Å². The van der Waals surface area contributed by atoms with Crippen LogP contribution in [0, 0.1) is 11.8 Å². The maximum atomic E-state index is 13.4. The van der Waals surface area contributed by atoms with Crippen molar-refractivity contribution in [2.75, 3.05) is 13.1 Å². The molecule has 1 saturated carbocycles. The van der Waals surface area contributed by atoms with Crippen molar-refractivity contribution in [2.45, 2.75) is 49.9 Å². The Bertz CT molecular complexity index is 1040. The number of ether oxygens (including phenoxy) is 1. The van der Waals surface area contributed by atoms with Gasteiger partial charge in [0, 0.05) is 29.7 Å². The van der Waals surface area contributed by atoms with Crippen LogP contribution in [0.25, 0.3) is 10.9 Å². The molecule has 3 unspecified atom stereocenters. The number of H-pyrrole nitrogens is 1. The number of aromatic amines is 1. The molecule has 0 radical (unpaired) electrons. The molecule has 2 amide bonds. The van der Waals surface area contributed by atoms with E-state index in [2.05, 4.69) is 22.4 Å². The minimum Gasteiger partial charge on any atom is -0.361 e. The summed E-state index contributed by atoms with van der Waals surface area (Å²) in [6.45, 7) is 1.18. The monoisotopic (exact) mass is 405 g/mol. The quantitative estimate of drug-likeness (QED) is 0.751. The second-order valence-electron chi connectivity index (χ2n) is 9.26. The van der Waals surface area contributed by atoms with Gasteiger partial charge >= 0.3 is 0 Å². The van der Waals surface area contributed by atoms with E-state index in [-0.39, 0.29) is 24.0 Å². The van der Waals surface area contributed by atoms with E-state index < -0.39 is 17.4 Å². The third-order valence-corrected chi connectivity index (χ3v) is 7.51. The van der Waals surface area contributed by atoms with Gasteiger partial charge in [-0.2, -0.15) is 0 Å². The third kappa shape index (κ3) is 2.66. The second-order valence-corrected chi connectivity index (χ2v) is 9.26. The van der Waals surface area contributed by atoms with E-state index in [1.54, 1.807) is 0 Å². The average Bonchev–Trinajstić information content (AvgIpc) is 3.55. The Morgan fingerprint density at radius 3 is 2.97 bits per heavy atom. The number of hydrogen-bond acceptors (Lipinski definition) is 3. The van der Waals surface area contributed by atoms with Crippen molar-refractivity contribution < 1.29 is 14.3 Å². The van der Waals surface area contributed by atoms with Crippen LogP contribution in [-0.4, -0.2) is 52.5 Å². The Kier molecular flexibility index (Phi) is 4.07. The van der Waals surface area contributed by atoms with Crippen LogP contribution in [0.3, 0.4) is 0 Å². The molecule has 3 fully saturated rings. The lowest BCUT2D eigenvalue weighted by Crippen LogP contribution is -2.46. The lowest BCUT2D eigenvalue weighted by molar-refractivity contribution is -0.137. The SMILES string of the molecule is O=C(NC1CCCC1)C1C2C(=O)N(CCc3c[nH]c4ccccc34)CC23C=C[C@@H]1O3. The van der Waals surface area contributed by atoms with Crippen molar-refractivity contribution in [3.05, 3.63) is 48.2 Å². The summed E-state index contributed by atoms with van der Waals surface area (Å²) in [6.07, 6.45) is 11.0. The van der Waals surface area contributed by atoms with Gasteiger partial charge in [0.2, 0.25) is 11.8 Å². The van der Waals surface area contributed by atoms with E-state index in [1.807, 2.05) is 35.4 Å². The van der Waals surface area contributed by atoms with Crippen molar-refractivity contribution in [1.29, 1.82) is 0 Å². The highest BCUT2D eigenvalue weighted by molar-refractivity contribution is 5.93.